The highest BCUT2D eigenvalue weighted by Gasteiger charge is 2.21. The van der Waals surface area contributed by atoms with Crippen LogP contribution in [-0.2, 0) is 4.74 Å². The fourth-order valence-corrected chi connectivity index (χ4v) is 1.83. The molecule has 20 heavy (non-hydrogen) atoms. The van der Waals surface area contributed by atoms with E-state index in [9.17, 15) is 4.79 Å². The van der Waals surface area contributed by atoms with Gasteiger partial charge in [0.25, 0.3) is 0 Å². The van der Waals surface area contributed by atoms with Gasteiger partial charge in [0.05, 0.1) is 12.3 Å². The summed E-state index contributed by atoms with van der Waals surface area (Å²) in [6.07, 6.45) is 0. The summed E-state index contributed by atoms with van der Waals surface area (Å²) in [5, 5.41) is 10.3. The number of guanidine groups is 1. The Morgan fingerprint density at radius 1 is 1.40 bits per heavy atom. The summed E-state index contributed by atoms with van der Waals surface area (Å²) in [6, 6.07) is 5.22. The van der Waals surface area contributed by atoms with E-state index < -0.39 is 6.03 Å². The number of rotatable bonds is 4. The predicted octanol–water partition coefficient (Wildman–Crippen LogP) is 1.78. The molecule has 0 unspecified atom stereocenters. The molecule has 0 bridgehead atoms. The maximum atomic E-state index is 12.1. The first-order valence-electron chi connectivity index (χ1n) is 5.96. The van der Waals surface area contributed by atoms with Gasteiger partial charge in [0.15, 0.2) is 0 Å². The van der Waals surface area contributed by atoms with Crippen molar-refractivity contribution < 1.29 is 9.53 Å². The Kier molecular flexibility index (Phi) is 7.64. The number of nitrogens with zero attached hydrogens (tertiary/aromatic N) is 1. The van der Waals surface area contributed by atoms with Crippen LogP contribution in [0.3, 0.4) is 0 Å². The Morgan fingerprint density at radius 3 is 2.40 bits per heavy atom. The molecule has 0 heterocycles. The number of carbonyl (C=O) groups is 1. The standard InChI is InChI=1S/C13H20N4O2.ClH/c1-9-5-4-6-10(2)11(9)17(12(14)15)13(18)16-7-8-19-3;/h4-6H,7-8H2,1-3H3,(H3,14,15)(H,16,18);1H. The highest BCUT2D eigenvalue weighted by Crippen LogP contribution is 2.24. The average molecular weight is 301 g/mol. The minimum absolute atomic E-state index is 0. The number of urea groups is 1. The molecular weight excluding hydrogens is 280 g/mol. The highest BCUT2D eigenvalue weighted by atomic mass is 35.5. The maximum Gasteiger partial charge on any atom is 0.328 e. The van der Waals surface area contributed by atoms with E-state index in [-0.39, 0.29) is 18.4 Å². The monoisotopic (exact) mass is 300 g/mol. The van der Waals surface area contributed by atoms with Gasteiger partial charge >= 0.3 is 6.03 Å². The predicted molar refractivity (Wildman–Crippen MR) is 82.8 cm³/mol. The molecule has 0 radical (unpaired) electrons. The lowest BCUT2D eigenvalue weighted by Gasteiger charge is -2.24. The van der Waals surface area contributed by atoms with Crippen molar-refractivity contribution in [1.29, 1.82) is 5.41 Å². The molecule has 1 aromatic rings. The first-order valence-corrected chi connectivity index (χ1v) is 5.96. The van der Waals surface area contributed by atoms with E-state index in [0.717, 1.165) is 11.1 Å². The van der Waals surface area contributed by atoms with E-state index in [1.807, 2.05) is 32.0 Å². The van der Waals surface area contributed by atoms with Crippen LogP contribution in [0.15, 0.2) is 18.2 Å². The van der Waals surface area contributed by atoms with Crippen molar-refractivity contribution in [3.8, 4) is 0 Å². The van der Waals surface area contributed by atoms with E-state index in [1.54, 1.807) is 7.11 Å². The molecule has 0 aromatic heterocycles. The number of nitrogens with one attached hydrogen (secondary N) is 2. The van der Waals surface area contributed by atoms with Crippen molar-refractivity contribution in [1.82, 2.24) is 5.32 Å². The number of hydrogen-bond acceptors (Lipinski definition) is 3. The largest absolute Gasteiger partial charge is 0.383 e. The smallest absolute Gasteiger partial charge is 0.328 e. The third-order valence-electron chi connectivity index (χ3n) is 2.69. The summed E-state index contributed by atoms with van der Waals surface area (Å²) in [4.78, 5) is 13.3. The minimum Gasteiger partial charge on any atom is -0.383 e. The van der Waals surface area contributed by atoms with Crippen LogP contribution in [0.1, 0.15) is 11.1 Å². The van der Waals surface area contributed by atoms with Crippen molar-refractivity contribution in [2.24, 2.45) is 5.73 Å². The molecule has 0 spiro atoms. The maximum absolute atomic E-state index is 12.1. The number of carbonyl (C=O) groups excluding carboxylic acids is 1. The van der Waals surface area contributed by atoms with Gasteiger partial charge in [0.2, 0.25) is 5.96 Å². The molecule has 0 aliphatic rings. The first-order chi connectivity index (χ1) is 8.99. The average Bonchev–Trinajstić information content (AvgIpc) is 2.33. The van der Waals surface area contributed by atoms with E-state index in [0.29, 0.717) is 18.8 Å². The molecule has 4 N–H and O–H groups in total. The lowest BCUT2D eigenvalue weighted by atomic mass is 10.1. The Labute approximate surface area is 125 Å². The molecule has 0 saturated carbocycles. The molecule has 0 aliphatic heterocycles. The molecule has 2 amide bonds. The van der Waals surface area contributed by atoms with Gasteiger partial charge in [-0.25, -0.2) is 9.69 Å². The van der Waals surface area contributed by atoms with Crippen LogP contribution in [0.2, 0.25) is 0 Å². The summed E-state index contributed by atoms with van der Waals surface area (Å²) < 4.78 is 4.87. The fraction of sp³-hybridized carbons (Fsp3) is 0.385. The van der Waals surface area contributed by atoms with Gasteiger partial charge < -0.3 is 15.8 Å². The van der Waals surface area contributed by atoms with E-state index in [2.05, 4.69) is 5.32 Å². The normalized spacial score (nSPS) is 9.55. The highest BCUT2D eigenvalue weighted by molar-refractivity contribution is 6.14. The van der Waals surface area contributed by atoms with Crippen LogP contribution >= 0.6 is 12.4 Å². The van der Waals surface area contributed by atoms with Crippen LogP contribution in [0.4, 0.5) is 10.5 Å². The fourth-order valence-electron chi connectivity index (χ4n) is 1.83. The van der Waals surface area contributed by atoms with Gasteiger partial charge in [0.1, 0.15) is 0 Å². The second kappa shape index (κ2) is 8.39. The van der Waals surface area contributed by atoms with Crippen LogP contribution < -0.4 is 16.0 Å². The lowest BCUT2D eigenvalue weighted by Crippen LogP contribution is -2.48. The molecule has 112 valence electrons. The van der Waals surface area contributed by atoms with E-state index in [1.165, 1.54) is 4.90 Å². The zero-order valence-electron chi connectivity index (χ0n) is 11.9. The van der Waals surface area contributed by atoms with Gasteiger partial charge in [0, 0.05) is 13.7 Å². The number of methoxy groups -OCH3 is 1. The SMILES string of the molecule is COCCNC(=O)N(C(=N)N)c1c(C)cccc1C.Cl. The van der Waals surface area contributed by atoms with Gasteiger partial charge in [-0.1, -0.05) is 18.2 Å². The second-order valence-electron chi connectivity index (χ2n) is 4.19. The van der Waals surface area contributed by atoms with Crippen molar-refractivity contribution in [3.05, 3.63) is 29.3 Å². The van der Waals surface area contributed by atoms with Crippen molar-refractivity contribution in [2.75, 3.05) is 25.2 Å². The summed E-state index contributed by atoms with van der Waals surface area (Å²) >= 11 is 0. The number of nitrogens with two attached hydrogens (primary N) is 1. The lowest BCUT2D eigenvalue weighted by molar-refractivity contribution is 0.197. The Balaban J connectivity index is 0.00000361. The van der Waals surface area contributed by atoms with Crippen molar-refractivity contribution in [3.63, 3.8) is 0 Å². The van der Waals surface area contributed by atoms with Crippen LogP contribution in [-0.4, -0.2) is 32.3 Å². The van der Waals surface area contributed by atoms with Gasteiger partial charge in [-0.2, -0.15) is 0 Å². The number of para-hydroxylation sites is 1. The molecule has 7 heteroatoms. The van der Waals surface area contributed by atoms with Gasteiger partial charge in [-0.15, -0.1) is 12.4 Å². The number of anilines is 1. The Bertz CT molecular complexity index is 459. The Hall–Kier alpha value is -1.79. The molecule has 0 aliphatic carbocycles. The second-order valence-corrected chi connectivity index (χ2v) is 4.19. The zero-order chi connectivity index (χ0) is 14.4. The number of ether oxygens (including phenoxy) is 1. The van der Waals surface area contributed by atoms with Crippen LogP contribution in [0.5, 0.6) is 0 Å². The minimum atomic E-state index is -0.429. The number of amides is 2. The Morgan fingerprint density at radius 2 is 1.95 bits per heavy atom. The third-order valence-corrected chi connectivity index (χ3v) is 2.69. The van der Waals surface area contributed by atoms with Crippen LogP contribution in [0.25, 0.3) is 0 Å². The summed E-state index contributed by atoms with van der Waals surface area (Å²) in [7, 11) is 1.56. The third kappa shape index (κ3) is 4.40. The van der Waals surface area contributed by atoms with Gasteiger partial charge in [-0.05, 0) is 25.0 Å². The first kappa shape index (κ1) is 18.2. The molecular formula is C13H21ClN4O2. The molecule has 0 fully saturated rings. The number of halogens is 1. The molecule has 6 nitrogen and oxygen atoms in total. The van der Waals surface area contributed by atoms with Crippen molar-refractivity contribution >= 4 is 30.1 Å². The number of hydrogen-bond donors (Lipinski definition) is 3. The number of benzene rings is 1. The quantitative estimate of drug-likeness (QED) is 0.450. The molecule has 1 aromatic carbocycles. The van der Waals surface area contributed by atoms with E-state index in [4.69, 9.17) is 15.9 Å². The summed E-state index contributed by atoms with van der Waals surface area (Å²) in [5.41, 5.74) is 7.94. The molecule has 0 atom stereocenters. The van der Waals surface area contributed by atoms with E-state index >= 15 is 0 Å². The zero-order valence-corrected chi connectivity index (χ0v) is 12.7. The topological polar surface area (TPSA) is 91.4 Å². The summed E-state index contributed by atoms with van der Waals surface area (Å²) in [5.74, 6) is -0.313. The van der Waals surface area contributed by atoms with Gasteiger partial charge in [-0.3, -0.25) is 5.41 Å². The molecule has 1 rings (SSSR count). The summed E-state index contributed by atoms with van der Waals surface area (Å²) in [6.45, 7) is 4.52. The van der Waals surface area contributed by atoms with Crippen molar-refractivity contribution in [2.45, 2.75) is 13.8 Å². The number of aryl methyl sites for hydroxylation is 2. The van der Waals surface area contributed by atoms with Crippen LogP contribution in [0, 0.1) is 19.3 Å². The molecule has 0 saturated heterocycles.